The Morgan fingerprint density at radius 1 is 1.18 bits per heavy atom. The van der Waals surface area contributed by atoms with Crippen LogP contribution < -0.4 is 0 Å². The Balaban J connectivity index is 1.80. The Hall–Kier alpha value is -0.480. The zero-order valence-corrected chi connectivity index (χ0v) is 14.7. The zero-order chi connectivity index (χ0) is 15.8. The van der Waals surface area contributed by atoms with Crippen molar-refractivity contribution in [1.29, 1.82) is 0 Å². The van der Waals surface area contributed by atoms with E-state index >= 15 is 0 Å². The third-order valence-corrected chi connectivity index (χ3v) is 6.49. The lowest BCUT2D eigenvalue weighted by Crippen LogP contribution is -2.53. The Labute approximate surface area is 139 Å². The Kier molecular flexibility index (Phi) is 4.61. The van der Waals surface area contributed by atoms with E-state index in [1.54, 1.807) is 0 Å². The minimum Gasteiger partial charge on any atom is -0.447 e. The van der Waals surface area contributed by atoms with E-state index in [-0.39, 0.29) is 17.0 Å². The van der Waals surface area contributed by atoms with Crippen LogP contribution in [0.4, 0.5) is 4.79 Å². The highest BCUT2D eigenvalue weighted by Crippen LogP contribution is 2.47. The highest BCUT2D eigenvalue weighted by molar-refractivity contribution is 6.13. The Bertz CT molecular complexity index is 413. The Morgan fingerprint density at radius 3 is 2.36 bits per heavy atom. The molecule has 0 aromatic carbocycles. The first-order valence-corrected chi connectivity index (χ1v) is 9.12. The largest absolute Gasteiger partial charge is 0.447 e. The summed E-state index contributed by atoms with van der Waals surface area (Å²) in [6.07, 6.45) is 8.73. The van der Waals surface area contributed by atoms with Gasteiger partial charge in [-0.15, -0.1) is 0 Å². The van der Waals surface area contributed by atoms with Crippen LogP contribution >= 0.6 is 11.8 Å². The second-order valence-corrected chi connectivity index (χ2v) is 8.54. The summed E-state index contributed by atoms with van der Waals surface area (Å²) < 4.78 is 7.24. The third-order valence-electron chi connectivity index (χ3n) is 6.15. The lowest BCUT2D eigenvalue weighted by atomic mass is 9.63. The van der Waals surface area contributed by atoms with Gasteiger partial charge < -0.3 is 4.74 Å². The fourth-order valence-corrected chi connectivity index (χ4v) is 4.74. The van der Waals surface area contributed by atoms with Crippen molar-refractivity contribution in [3.05, 3.63) is 0 Å². The number of ether oxygens (including phenoxy) is 1. The lowest BCUT2D eigenvalue weighted by Gasteiger charge is -2.49. The van der Waals surface area contributed by atoms with E-state index in [1.165, 1.54) is 32.1 Å². The number of carbonyl (C=O) groups excluding carboxylic acids is 1. The number of halogens is 1. The van der Waals surface area contributed by atoms with E-state index in [2.05, 4.69) is 13.8 Å². The van der Waals surface area contributed by atoms with E-state index in [1.807, 2.05) is 9.32 Å². The van der Waals surface area contributed by atoms with Gasteiger partial charge in [0.2, 0.25) is 0 Å². The van der Waals surface area contributed by atoms with E-state index < -0.39 is 0 Å². The first kappa shape index (κ1) is 16.4. The van der Waals surface area contributed by atoms with E-state index in [9.17, 15) is 4.79 Å². The van der Waals surface area contributed by atoms with Crippen LogP contribution in [-0.2, 0) is 4.74 Å². The molecule has 0 atom stereocenters. The maximum Gasteiger partial charge on any atom is 0.410 e. The van der Waals surface area contributed by atoms with Crippen LogP contribution in [0.25, 0.3) is 0 Å². The van der Waals surface area contributed by atoms with Crippen LogP contribution in [-0.4, -0.2) is 47.2 Å². The monoisotopic (exact) mass is 328 g/mol. The summed E-state index contributed by atoms with van der Waals surface area (Å²) >= 11 is 6.21. The highest BCUT2D eigenvalue weighted by atomic mass is 35.5. The molecular formula is C17H29ClN2O2. The number of piperidine rings is 1. The van der Waals surface area contributed by atoms with Crippen molar-refractivity contribution >= 4 is 17.9 Å². The molecule has 2 aliphatic heterocycles. The molecule has 1 amide bonds. The van der Waals surface area contributed by atoms with Crippen molar-refractivity contribution < 1.29 is 9.53 Å². The molecule has 3 aliphatic rings. The summed E-state index contributed by atoms with van der Waals surface area (Å²) in [7, 11) is 0. The maximum absolute atomic E-state index is 12.2. The second-order valence-electron chi connectivity index (χ2n) is 8.06. The number of cyclic esters (lactones) is 1. The van der Waals surface area contributed by atoms with Crippen LogP contribution in [0.3, 0.4) is 0 Å². The summed E-state index contributed by atoms with van der Waals surface area (Å²) in [5.74, 6) is 0.732. The number of rotatable bonds is 3. The topological polar surface area (TPSA) is 32.8 Å². The molecule has 0 aromatic rings. The van der Waals surface area contributed by atoms with Gasteiger partial charge >= 0.3 is 6.09 Å². The summed E-state index contributed by atoms with van der Waals surface area (Å²) in [5, 5.41) is 0. The average molecular weight is 329 g/mol. The van der Waals surface area contributed by atoms with Crippen LogP contribution in [0.15, 0.2) is 0 Å². The molecule has 0 unspecified atom stereocenters. The van der Waals surface area contributed by atoms with Gasteiger partial charge in [-0.05, 0) is 62.6 Å². The third kappa shape index (κ3) is 3.09. The molecule has 126 valence electrons. The van der Waals surface area contributed by atoms with Crippen LogP contribution in [0, 0.1) is 11.3 Å². The molecule has 3 rings (SSSR count). The molecule has 3 fully saturated rings. The van der Waals surface area contributed by atoms with E-state index in [4.69, 9.17) is 16.5 Å². The van der Waals surface area contributed by atoms with Gasteiger partial charge in [-0.2, -0.15) is 0 Å². The molecule has 1 aliphatic carbocycles. The molecule has 0 bridgehead atoms. The summed E-state index contributed by atoms with van der Waals surface area (Å²) in [5.41, 5.74) is 0.0449. The van der Waals surface area contributed by atoms with Crippen molar-refractivity contribution in [3.63, 3.8) is 0 Å². The van der Waals surface area contributed by atoms with Crippen LogP contribution in [0.2, 0.25) is 0 Å². The van der Waals surface area contributed by atoms with Crippen LogP contribution in [0.1, 0.15) is 58.8 Å². The number of hydrogen-bond donors (Lipinski definition) is 0. The molecule has 0 spiro atoms. The molecular weight excluding hydrogens is 300 g/mol. The molecule has 2 heterocycles. The minimum atomic E-state index is -0.184. The summed E-state index contributed by atoms with van der Waals surface area (Å²) in [4.78, 5) is 14.2. The number of amides is 1. The predicted molar refractivity (Wildman–Crippen MR) is 87.8 cm³/mol. The van der Waals surface area contributed by atoms with Crippen LogP contribution in [0.5, 0.6) is 0 Å². The van der Waals surface area contributed by atoms with E-state index in [0.717, 1.165) is 38.4 Å². The lowest BCUT2D eigenvalue weighted by molar-refractivity contribution is 0.0114. The first-order chi connectivity index (χ1) is 10.4. The molecule has 2 saturated heterocycles. The molecule has 1 saturated carbocycles. The van der Waals surface area contributed by atoms with Gasteiger partial charge in [0.25, 0.3) is 0 Å². The summed E-state index contributed by atoms with van der Waals surface area (Å²) in [6.45, 7) is 7.44. The fraction of sp³-hybridized carbons (Fsp3) is 0.941. The predicted octanol–water partition coefficient (Wildman–Crippen LogP) is 4.03. The minimum absolute atomic E-state index is 0.131. The van der Waals surface area contributed by atoms with E-state index in [0.29, 0.717) is 6.61 Å². The van der Waals surface area contributed by atoms with Gasteiger partial charge in [-0.3, -0.25) is 4.90 Å². The smallest absolute Gasteiger partial charge is 0.410 e. The van der Waals surface area contributed by atoms with Crippen molar-refractivity contribution in [3.8, 4) is 0 Å². The highest BCUT2D eigenvalue weighted by Gasteiger charge is 2.48. The molecule has 5 heteroatoms. The van der Waals surface area contributed by atoms with Crippen molar-refractivity contribution in [2.45, 2.75) is 64.3 Å². The van der Waals surface area contributed by atoms with Gasteiger partial charge in [0.1, 0.15) is 6.61 Å². The van der Waals surface area contributed by atoms with Crippen molar-refractivity contribution in [1.82, 2.24) is 9.32 Å². The first-order valence-electron chi connectivity index (χ1n) is 8.78. The SMILES string of the molecule is CC1(C)COC(=O)N1CC1(C2CCCCC2)CCN(Cl)CC1. The normalized spacial score (nSPS) is 29.6. The number of hydrogen-bond acceptors (Lipinski definition) is 3. The van der Waals surface area contributed by atoms with Gasteiger partial charge in [0.05, 0.1) is 5.54 Å². The Morgan fingerprint density at radius 2 is 1.82 bits per heavy atom. The number of carbonyl (C=O) groups is 1. The molecule has 22 heavy (non-hydrogen) atoms. The van der Waals surface area contributed by atoms with Crippen molar-refractivity contribution in [2.24, 2.45) is 11.3 Å². The van der Waals surface area contributed by atoms with Gasteiger partial charge in [0.15, 0.2) is 0 Å². The van der Waals surface area contributed by atoms with Gasteiger partial charge in [-0.1, -0.05) is 19.3 Å². The number of nitrogens with zero attached hydrogens (tertiary/aromatic N) is 2. The molecule has 0 radical (unpaired) electrons. The van der Waals surface area contributed by atoms with Gasteiger partial charge in [-0.25, -0.2) is 9.21 Å². The molecule has 0 aromatic heterocycles. The molecule has 4 nitrogen and oxygen atoms in total. The summed E-state index contributed by atoms with van der Waals surface area (Å²) in [6, 6.07) is 0. The average Bonchev–Trinajstić information content (AvgIpc) is 2.77. The van der Waals surface area contributed by atoms with Gasteiger partial charge in [0, 0.05) is 19.6 Å². The zero-order valence-electron chi connectivity index (χ0n) is 13.9. The standard InChI is InChI=1S/C17H29ClN2O2/c1-16(2)13-22-15(21)20(16)12-17(8-10-19(18)11-9-17)14-6-4-3-5-7-14/h14H,3-13H2,1-2H3. The fourth-order valence-electron chi connectivity index (χ4n) is 4.57. The molecule has 0 N–H and O–H groups in total. The quantitative estimate of drug-likeness (QED) is 0.733. The van der Waals surface area contributed by atoms with Crippen molar-refractivity contribution in [2.75, 3.05) is 26.2 Å². The maximum atomic E-state index is 12.2. The second kappa shape index (κ2) is 6.20.